The molecule has 1 aliphatic heterocycles. The highest BCUT2D eigenvalue weighted by Crippen LogP contribution is 2.21. The molecule has 0 spiro atoms. The van der Waals surface area contributed by atoms with Gasteiger partial charge in [-0.15, -0.1) is 0 Å². The molecule has 168 valence electrons. The molecule has 1 fully saturated rings. The third-order valence-electron chi connectivity index (χ3n) is 5.35. The van der Waals surface area contributed by atoms with Gasteiger partial charge in [-0.05, 0) is 45.0 Å². The number of aryl methyl sites for hydroxylation is 3. The molecule has 4 rings (SSSR count). The second-order valence-electron chi connectivity index (χ2n) is 7.75. The Morgan fingerprint density at radius 3 is 2.50 bits per heavy atom. The Bertz CT molecular complexity index is 1040. The molecule has 9 nitrogen and oxygen atoms in total. The number of anilines is 1. The zero-order chi connectivity index (χ0) is 22.5. The van der Waals surface area contributed by atoms with Crippen LogP contribution in [0.25, 0.3) is 11.4 Å². The molecule has 0 atom stereocenters. The molecule has 0 bridgehead atoms. The van der Waals surface area contributed by atoms with Crippen molar-refractivity contribution in [3.63, 3.8) is 0 Å². The van der Waals surface area contributed by atoms with Crippen molar-refractivity contribution in [2.75, 3.05) is 37.7 Å². The number of ether oxygens (including phenoxy) is 1. The summed E-state index contributed by atoms with van der Waals surface area (Å²) in [7, 11) is 0. The van der Waals surface area contributed by atoms with Crippen molar-refractivity contribution in [3.05, 3.63) is 47.7 Å². The third-order valence-corrected chi connectivity index (χ3v) is 5.35. The molecule has 1 amide bonds. The van der Waals surface area contributed by atoms with Crippen molar-refractivity contribution in [2.24, 2.45) is 0 Å². The predicted molar refractivity (Wildman–Crippen MR) is 120 cm³/mol. The fourth-order valence-electron chi connectivity index (χ4n) is 3.76. The fourth-order valence-corrected chi connectivity index (χ4v) is 3.76. The zero-order valence-corrected chi connectivity index (χ0v) is 18.7. The molecule has 0 radical (unpaired) electrons. The SMILES string of the molecule is CCOc1ccc(-c2noc(CCC(=O)N3CCN(c4cc(C)nc(C)n4)CC3)n2)cc1. The third kappa shape index (κ3) is 5.22. The molecular weight excluding hydrogens is 408 g/mol. The predicted octanol–water partition coefficient (Wildman–Crippen LogP) is 2.82. The first kappa shape index (κ1) is 21.7. The molecule has 0 unspecified atom stereocenters. The monoisotopic (exact) mass is 436 g/mol. The smallest absolute Gasteiger partial charge is 0.227 e. The van der Waals surface area contributed by atoms with E-state index in [1.165, 1.54) is 0 Å². The summed E-state index contributed by atoms with van der Waals surface area (Å²) < 4.78 is 10.8. The minimum atomic E-state index is 0.0977. The maximum atomic E-state index is 12.7. The van der Waals surface area contributed by atoms with Crippen LogP contribution in [0, 0.1) is 13.8 Å². The van der Waals surface area contributed by atoms with Gasteiger partial charge in [0.05, 0.1) is 6.61 Å². The summed E-state index contributed by atoms with van der Waals surface area (Å²) in [6.07, 6.45) is 0.768. The Kier molecular flexibility index (Phi) is 6.63. The highest BCUT2D eigenvalue weighted by atomic mass is 16.5. The molecule has 0 N–H and O–H groups in total. The van der Waals surface area contributed by atoms with Gasteiger partial charge >= 0.3 is 0 Å². The van der Waals surface area contributed by atoms with Gasteiger partial charge in [0.15, 0.2) is 0 Å². The van der Waals surface area contributed by atoms with E-state index >= 15 is 0 Å². The van der Waals surface area contributed by atoms with E-state index in [4.69, 9.17) is 9.26 Å². The van der Waals surface area contributed by atoms with Crippen LogP contribution in [0.2, 0.25) is 0 Å². The van der Waals surface area contributed by atoms with E-state index < -0.39 is 0 Å². The number of hydrogen-bond donors (Lipinski definition) is 0. The molecule has 0 saturated carbocycles. The van der Waals surface area contributed by atoms with Crippen molar-refractivity contribution in [1.29, 1.82) is 0 Å². The second kappa shape index (κ2) is 9.76. The molecule has 1 aliphatic rings. The van der Waals surface area contributed by atoms with Gasteiger partial charge in [-0.25, -0.2) is 9.97 Å². The minimum Gasteiger partial charge on any atom is -0.494 e. The van der Waals surface area contributed by atoms with Crippen LogP contribution in [0.15, 0.2) is 34.9 Å². The summed E-state index contributed by atoms with van der Waals surface area (Å²) in [6.45, 7) is 9.28. The summed E-state index contributed by atoms with van der Waals surface area (Å²) in [5.41, 5.74) is 1.80. The van der Waals surface area contributed by atoms with E-state index in [0.29, 0.717) is 44.3 Å². The van der Waals surface area contributed by atoms with Crippen molar-refractivity contribution < 1.29 is 14.1 Å². The quantitative estimate of drug-likeness (QED) is 0.558. The molecular formula is C23H28N6O3. The summed E-state index contributed by atoms with van der Waals surface area (Å²) in [5.74, 6) is 3.57. The normalized spacial score (nSPS) is 14.0. The molecule has 2 aromatic heterocycles. The van der Waals surface area contributed by atoms with Gasteiger partial charge in [-0.2, -0.15) is 4.98 Å². The first-order valence-corrected chi connectivity index (χ1v) is 10.9. The second-order valence-corrected chi connectivity index (χ2v) is 7.75. The Morgan fingerprint density at radius 2 is 1.81 bits per heavy atom. The van der Waals surface area contributed by atoms with Crippen molar-refractivity contribution in [3.8, 4) is 17.1 Å². The Hall–Kier alpha value is -3.49. The summed E-state index contributed by atoms with van der Waals surface area (Å²) >= 11 is 0. The maximum Gasteiger partial charge on any atom is 0.227 e. The largest absolute Gasteiger partial charge is 0.494 e. The van der Waals surface area contributed by atoms with Gasteiger partial charge in [0.1, 0.15) is 17.4 Å². The van der Waals surface area contributed by atoms with E-state index in [9.17, 15) is 4.79 Å². The van der Waals surface area contributed by atoms with Gasteiger partial charge < -0.3 is 19.1 Å². The van der Waals surface area contributed by atoms with E-state index in [2.05, 4.69) is 25.0 Å². The first-order chi connectivity index (χ1) is 15.5. The molecule has 0 aliphatic carbocycles. The number of carbonyl (C=O) groups excluding carboxylic acids is 1. The number of amides is 1. The fraction of sp³-hybridized carbons (Fsp3) is 0.435. The minimum absolute atomic E-state index is 0.0977. The number of hydrogen-bond acceptors (Lipinski definition) is 8. The lowest BCUT2D eigenvalue weighted by Crippen LogP contribution is -2.49. The molecule has 1 aromatic carbocycles. The van der Waals surface area contributed by atoms with Gasteiger partial charge in [0.25, 0.3) is 0 Å². The van der Waals surface area contributed by atoms with E-state index in [1.54, 1.807) is 0 Å². The zero-order valence-electron chi connectivity index (χ0n) is 18.7. The van der Waals surface area contributed by atoms with Gasteiger partial charge in [0.2, 0.25) is 17.6 Å². The van der Waals surface area contributed by atoms with Crippen LogP contribution in [-0.2, 0) is 11.2 Å². The van der Waals surface area contributed by atoms with Crippen molar-refractivity contribution in [2.45, 2.75) is 33.6 Å². The van der Waals surface area contributed by atoms with Crippen molar-refractivity contribution >= 4 is 11.7 Å². The lowest BCUT2D eigenvalue weighted by atomic mass is 10.2. The Balaban J connectivity index is 1.27. The standard InChI is InChI=1S/C23H28N6O3/c1-4-31-19-7-5-18(6-8-19)23-26-21(32-27-23)9-10-22(30)29-13-11-28(12-14-29)20-15-16(2)24-17(3)25-20/h5-8,15H,4,9-14H2,1-3H3. The summed E-state index contributed by atoms with van der Waals surface area (Å²) in [5, 5.41) is 4.04. The van der Waals surface area contributed by atoms with Crippen LogP contribution in [0.5, 0.6) is 5.75 Å². The van der Waals surface area contributed by atoms with E-state index in [-0.39, 0.29) is 5.91 Å². The molecule has 3 heterocycles. The number of aromatic nitrogens is 4. The number of rotatable bonds is 7. The van der Waals surface area contributed by atoms with Gasteiger partial charge in [-0.1, -0.05) is 5.16 Å². The Morgan fingerprint density at radius 1 is 1.06 bits per heavy atom. The lowest BCUT2D eigenvalue weighted by Gasteiger charge is -2.35. The van der Waals surface area contributed by atoms with Crippen LogP contribution >= 0.6 is 0 Å². The van der Waals surface area contributed by atoms with E-state index in [1.807, 2.05) is 56.0 Å². The first-order valence-electron chi connectivity index (χ1n) is 10.9. The number of benzene rings is 1. The highest BCUT2D eigenvalue weighted by Gasteiger charge is 2.23. The van der Waals surface area contributed by atoms with Crippen LogP contribution in [0.4, 0.5) is 5.82 Å². The van der Waals surface area contributed by atoms with Gasteiger partial charge in [-0.3, -0.25) is 4.79 Å². The molecule has 32 heavy (non-hydrogen) atoms. The average molecular weight is 437 g/mol. The van der Waals surface area contributed by atoms with Gasteiger partial charge in [0, 0.05) is 56.3 Å². The average Bonchev–Trinajstić information content (AvgIpc) is 3.27. The number of piperazine rings is 1. The maximum absolute atomic E-state index is 12.7. The lowest BCUT2D eigenvalue weighted by molar-refractivity contribution is -0.131. The summed E-state index contributed by atoms with van der Waals surface area (Å²) in [4.78, 5) is 30.0. The summed E-state index contributed by atoms with van der Waals surface area (Å²) in [6, 6.07) is 9.53. The Labute approximate surface area is 187 Å². The topological polar surface area (TPSA) is 97.5 Å². The van der Waals surface area contributed by atoms with Crippen LogP contribution in [0.1, 0.15) is 30.8 Å². The van der Waals surface area contributed by atoms with E-state index in [0.717, 1.165) is 41.7 Å². The molecule has 1 saturated heterocycles. The van der Waals surface area contributed by atoms with Crippen LogP contribution in [0.3, 0.4) is 0 Å². The van der Waals surface area contributed by atoms with Crippen LogP contribution < -0.4 is 9.64 Å². The number of nitrogens with zero attached hydrogens (tertiary/aromatic N) is 6. The molecule has 3 aromatic rings. The van der Waals surface area contributed by atoms with Crippen molar-refractivity contribution in [1.82, 2.24) is 25.0 Å². The highest BCUT2D eigenvalue weighted by molar-refractivity contribution is 5.76. The number of carbonyl (C=O) groups is 1. The van der Waals surface area contributed by atoms with Crippen LogP contribution in [-0.4, -0.2) is 63.7 Å². The molecule has 9 heteroatoms.